The second-order valence-electron chi connectivity index (χ2n) is 6.91. The summed E-state index contributed by atoms with van der Waals surface area (Å²) >= 11 is 0. The molecule has 0 spiro atoms. The summed E-state index contributed by atoms with van der Waals surface area (Å²) < 4.78 is 24.1. The third-order valence-electron chi connectivity index (χ3n) is 3.99. The molecular formula is C14H26N2O5S. The SMILES string of the molecule is CC(C)(C)S(=O)(=O)CC1(NC(=O)NCC(=O)O)CCCCC1. The number of aliphatic carboxylic acids is 1. The summed E-state index contributed by atoms with van der Waals surface area (Å²) in [6.07, 6.45) is 3.87. The summed E-state index contributed by atoms with van der Waals surface area (Å²) in [5.74, 6) is -1.26. The third kappa shape index (κ3) is 5.15. The van der Waals surface area contributed by atoms with Gasteiger partial charge in [0.15, 0.2) is 9.84 Å². The average Bonchev–Trinajstić information content (AvgIpc) is 2.35. The standard InChI is InChI=1S/C14H26N2O5S/c1-13(2,3)22(20,21)10-14(7-5-4-6-8-14)16-12(19)15-9-11(17)18/h4-10H2,1-3H3,(H,17,18)(H2,15,16,19). The van der Waals surface area contributed by atoms with Crippen LogP contribution in [0.4, 0.5) is 4.79 Å². The van der Waals surface area contributed by atoms with Gasteiger partial charge in [0.1, 0.15) is 6.54 Å². The molecule has 1 aliphatic rings. The largest absolute Gasteiger partial charge is 0.480 e. The average molecular weight is 334 g/mol. The van der Waals surface area contributed by atoms with Crippen LogP contribution in [0.25, 0.3) is 0 Å². The summed E-state index contributed by atoms with van der Waals surface area (Å²) in [7, 11) is -3.39. The molecule has 0 unspecified atom stereocenters. The molecule has 1 aliphatic carbocycles. The number of hydrogen-bond acceptors (Lipinski definition) is 4. The van der Waals surface area contributed by atoms with Crippen molar-refractivity contribution in [2.24, 2.45) is 0 Å². The maximum Gasteiger partial charge on any atom is 0.323 e. The van der Waals surface area contributed by atoms with Crippen molar-refractivity contribution in [2.75, 3.05) is 12.3 Å². The van der Waals surface area contributed by atoms with Crippen LogP contribution >= 0.6 is 0 Å². The molecule has 1 saturated carbocycles. The van der Waals surface area contributed by atoms with Crippen molar-refractivity contribution in [1.82, 2.24) is 10.6 Å². The predicted octanol–water partition coefficient (Wildman–Crippen LogP) is 1.29. The lowest BCUT2D eigenvalue weighted by Crippen LogP contribution is -2.58. The maximum absolute atomic E-state index is 12.5. The quantitative estimate of drug-likeness (QED) is 0.701. The van der Waals surface area contributed by atoms with Crippen LogP contribution in [0.2, 0.25) is 0 Å². The van der Waals surface area contributed by atoms with Crippen LogP contribution in [0.5, 0.6) is 0 Å². The summed E-state index contributed by atoms with van der Waals surface area (Å²) in [4.78, 5) is 22.4. The van der Waals surface area contributed by atoms with Crippen LogP contribution in [0.3, 0.4) is 0 Å². The van der Waals surface area contributed by atoms with E-state index in [1.54, 1.807) is 20.8 Å². The molecule has 1 rings (SSSR count). The van der Waals surface area contributed by atoms with Crippen LogP contribution in [0, 0.1) is 0 Å². The van der Waals surface area contributed by atoms with Crippen LogP contribution in [0.1, 0.15) is 52.9 Å². The first kappa shape index (κ1) is 18.7. The summed E-state index contributed by atoms with van der Waals surface area (Å²) in [6.45, 7) is 4.43. The Morgan fingerprint density at radius 3 is 2.14 bits per heavy atom. The normalized spacial score (nSPS) is 18.5. The number of rotatable bonds is 5. The second-order valence-corrected chi connectivity index (χ2v) is 9.66. The molecule has 2 amide bonds. The zero-order valence-corrected chi connectivity index (χ0v) is 14.3. The van der Waals surface area contributed by atoms with Crippen molar-refractivity contribution >= 4 is 21.8 Å². The van der Waals surface area contributed by atoms with E-state index in [9.17, 15) is 18.0 Å². The fourth-order valence-corrected chi connectivity index (χ4v) is 4.08. The van der Waals surface area contributed by atoms with Crippen LogP contribution in [-0.2, 0) is 14.6 Å². The highest BCUT2D eigenvalue weighted by molar-refractivity contribution is 7.92. The van der Waals surface area contributed by atoms with Crippen molar-refractivity contribution < 1.29 is 23.1 Å². The molecule has 0 heterocycles. The Morgan fingerprint density at radius 1 is 1.14 bits per heavy atom. The first-order valence-corrected chi connectivity index (χ1v) is 9.13. The van der Waals surface area contributed by atoms with E-state index in [-0.39, 0.29) is 5.75 Å². The number of sulfone groups is 1. The van der Waals surface area contributed by atoms with Gasteiger partial charge in [0.25, 0.3) is 0 Å². The van der Waals surface area contributed by atoms with E-state index in [2.05, 4.69) is 10.6 Å². The second kappa shape index (κ2) is 6.85. The van der Waals surface area contributed by atoms with E-state index in [1.807, 2.05) is 0 Å². The molecule has 128 valence electrons. The number of carboxylic acids is 1. The number of carbonyl (C=O) groups is 2. The predicted molar refractivity (Wildman–Crippen MR) is 83.5 cm³/mol. The fourth-order valence-electron chi connectivity index (χ4n) is 2.56. The summed E-state index contributed by atoms with van der Waals surface area (Å²) in [5.41, 5.74) is -0.813. The van der Waals surface area contributed by atoms with Crippen molar-refractivity contribution in [3.05, 3.63) is 0 Å². The zero-order chi connectivity index (χ0) is 17.0. The summed E-state index contributed by atoms with van der Waals surface area (Å²) in [6, 6.07) is -0.631. The molecule has 0 aliphatic heterocycles. The first-order chi connectivity index (χ1) is 9.97. The Labute approximate surface area is 131 Å². The molecule has 0 radical (unpaired) electrons. The van der Waals surface area contributed by atoms with Gasteiger partial charge in [-0.2, -0.15) is 0 Å². The third-order valence-corrected chi connectivity index (χ3v) is 6.79. The van der Waals surface area contributed by atoms with Crippen molar-refractivity contribution in [2.45, 2.75) is 63.2 Å². The molecular weight excluding hydrogens is 308 g/mol. The summed E-state index contributed by atoms with van der Waals surface area (Å²) in [5, 5.41) is 13.5. The minimum Gasteiger partial charge on any atom is -0.480 e. The molecule has 8 heteroatoms. The van der Waals surface area contributed by atoms with E-state index in [0.717, 1.165) is 19.3 Å². The highest BCUT2D eigenvalue weighted by atomic mass is 32.2. The molecule has 0 aromatic carbocycles. The van der Waals surface area contributed by atoms with Gasteiger partial charge in [-0.1, -0.05) is 19.3 Å². The molecule has 0 aromatic rings. The van der Waals surface area contributed by atoms with E-state index >= 15 is 0 Å². The van der Waals surface area contributed by atoms with Gasteiger partial charge in [0, 0.05) is 0 Å². The van der Waals surface area contributed by atoms with Crippen LogP contribution in [-0.4, -0.2) is 48.1 Å². The smallest absolute Gasteiger partial charge is 0.323 e. The van der Waals surface area contributed by atoms with E-state index in [4.69, 9.17) is 5.11 Å². The highest BCUT2D eigenvalue weighted by Crippen LogP contribution is 2.32. The van der Waals surface area contributed by atoms with E-state index < -0.39 is 38.7 Å². The van der Waals surface area contributed by atoms with Crippen molar-refractivity contribution in [1.29, 1.82) is 0 Å². The molecule has 0 saturated heterocycles. The zero-order valence-electron chi connectivity index (χ0n) is 13.4. The first-order valence-electron chi connectivity index (χ1n) is 7.48. The Bertz CT molecular complexity index is 516. The van der Waals surface area contributed by atoms with Gasteiger partial charge in [-0.3, -0.25) is 4.79 Å². The molecule has 0 aromatic heterocycles. The molecule has 3 N–H and O–H groups in total. The van der Waals surface area contributed by atoms with Crippen molar-refractivity contribution in [3.8, 4) is 0 Å². The highest BCUT2D eigenvalue weighted by Gasteiger charge is 2.42. The Balaban J connectivity index is 2.87. The number of nitrogens with one attached hydrogen (secondary N) is 2. The Hall–Kier alpha value is -1.31. The molecule has 0 atom stereocenters. The van der Waals surface area contributed by atoms with E-state index in [1.165, 1.54) is 0 Å². The molecule has 22 heavy (non-hydrogen) atoms. The lowest BCUT2D eigenvalue weighted by atomic mass is 9.83. The van der Waals surface area contributed by atoms with E-state index in [0.29, 0.717) is 12.8 Å². The van der Waals surface area contributed by atoms with Crippen molar-refractivity contribution in [3.63, 3.8) is 0 Å². The number of carboxylic acid groups (broad SMARTS) is 1. The maximum atomic E-state index is 12.5. The van der Waals surface area contributed by atoms with Gasteiger partial charge in [-0.15, -0.1) is 0 Å². The molecule has 7 nitrogen and oxygen atoms in total. The fraction of sp³-hybridized carbons (Fsp3) is 0.857. The van der Waals surface area contributed by atoms with Crippen LogP contribution in [0.15, 0.2) is 0 Å². The van der Waals surface area contributed by atoms with Gasteiger partial charge in [-0.25, -0.2) is 13.2 Å². The van der Waals surface area contributed by atoms with Gasteiger partial charge < -0.3 is 15.7 Å². The van der Waals surface area contributed by atoms with Gasteiger partial charge >= 0.3 is 12.0 Å². The van der Waals surface area contributed by atoms with Gasteiger partial charge in [-0.05, 0) is 33.6 Å². The Kier molecular flexibility index (Phi) is 5.83. The van der Waals surface area contributed by atoms with Gasteiger partial charge in [0.2, 0.25) is 0 Å². The number of urea groups is 1. The van der Waals surface area contributed by atoms with Gasteiger partial charge in [0.05, 0.1) is 16.0 Å². The number of carbonyl (C=O) groups excluding carboxylic acids is 1. The molecule has 0 bridgehead atoms. The lowest BCUT2D eigenvalue weighted by molar-refractivity contribution is -0.135. The number of hydrogen-bond donors (Lipinski definition) is 3. The Morgan fingerprint density at radius 2 is 1.68 bits per heavy atom. The van der Waals surface area contributed by atoms with Crippen LogP contribution < -0.4 is 10.6 Å². The minimum atomic E-state index is -3.39. The monoisotopic (exact) mass is 334 g/mol. The molecule has 1 fully saturated rings. The lowest BCUT2D eigenvalue weighted by Gasteiger charge is -2.39. The minimum absolute atomic E-state index is 0.121. The number of amides is 2. The topological polar surface area (TPSA) is 113 Å².